The van der Waals surface area contributed by atoms with Crippen LogP contribution in [0.25, 0.3) is 0 Å². The summed E-state index contributed by atoms with van der Waals surface area (Å²) in [5.41, 5.74) is 1.42. The zero-order valence-corrected chi connectivity index (χ0v) is 9.93. The van der Waals surface area contributed by atoms with Gasteiger partial charge < -0.3 is 10.2 Å². The van der Waals surface area contributed by atoms with Gasteiger partial charge in [0.25, 0.3) is 0 Å². The summed E-state index contributed by atoms with van der Waals surface area (Å²) in [4.78, 5) is 13.8. The van der Waals surface area contributed by atoms with E-state index in [0.29, 0.717) is 18.5 Å². The minimum absolute atomic E-state index is 0.271. The molecule has 0 radical (unpaired) electrons. The maximum Gasteiger partial charge on any atom is 0.236 e. The molecule has 0 aromatic heterocycles. The quantitative estimate of drug-likeness (QED) is 0.790. The van der Waals surface area contributed by atoms with E-state index in [1.54, 1.807) is 0 Å². The Balaban J connectivity index is 1.74. The number of carbonyl (C=O) groups is 1. The lowest BCUT2D eigenvalue weighted by molar-refractivity contribution is -0.136. The third-order valence-corrected chi connectivity index (χ3v) is 3.96. The summed E-state index contributed by atoms with van der Waals surface area (Å²) in [6, 6.07) is 11.1. The number of hydrogen-bond donors (Lipinski definition) is 1. The van der Waals surface area contributed by atoms with Crippen molar-refractivity contribution < 1.29 is 4.79 Å². The Morgan fingerprint density at radius 3 is 2.88 bits per heavy atom. The fourth-order valence-corrected chi connectivity index (χ4v) is 3.05. The monoisotopic (exact) mass is 230 g/mol. The lowest BCUT2D eigenvalue weighted by Crippen LogP contribution is -2.57. The van der Waals surface area contributed by atoms with Gasteiger partial charge in [-0.25, -0.2) is 0 Å². The maximum absolute atomic E-state index is 11.7. The Labute approximate surface area is 102 Å². The van der Waals surface area contributed by atoms with Gasteiger partial charge >= 0.3 is 0 Å². The Morgan fingerprint density at radius 1 is 1.24 bits per heavy atom. The minimum Gasteiger partial charge on any atom is -0.337 e. The van der Waals surface area contributed by atoms with Gasteiger partial charge in [-0.05, 0) is 24.3 Å². The molecule has 1 aromatic rings. The highest BCUT2D eigenvalue weighted by molar-refractivity contribution is 5.79. The van der Waals surface area contributed by atoms with Gasteiger partial charge in [0.1, 0.15) is 0 Å². The highest BCUT2D eigenvalue weighted by atomic mass is 16.2. The van der Waals surface area contributed by atoms with Crippen molar-refractivity contribution in [3.05, 3.63) is 35.9 Å². The molecule has 1 N–H and O–H groups in total. The number of carbonyl (C=O) groups excluding carboxylic acids is 1. The molecule has 2 aliphatic heterocycles. The van der Waals surface area contributed by atoms with E-state index < -0.39 is 0 Å². The first-order valence-corrected chi connectivity index (χ1v) is 6.40. The molecule has 2 aliphatic rings. The van der Waals surface area contributed by atoms with Gasteiger partial charge in [-0.15, -0.1) is 0 Å². The van der Waals surface area contributed by atoms with Crippen molar-refractivity contribution in [3.63, 3.8) is 0 Å². The van der Waals surface area contributed by atoms with Crippen LogP contribution >= 0.6 is 0 Å². The molecule has 3 nitrogen and oxygen atoms in total. The molecule has 2 unspecified atom stereocenters. The van der Waals surface area contributed by atoms with Crippen molar-refractivity contribution in [2.24, 2.45) is 0 Å². The molecule has 2 saturated heterocycles. The standard InChI is InChI=1S/C14H18N2O/c17-14-10-15-9-13-8-12(6-7-16(13)14)11-4-2-1-3-5-11/h1-5,12-13,15H,6-10H2. The molecule has 0 bridgehead atoms. The predicted molar refractivity (Wildman–Crippen MR) is 66.8 cm³/mol. The van der Waals surface area contributed by atoms with Crippen molar-refractivity contribution in [2.45, 2.75) is 24.8 Å². The van der Waals surface area contributed by atoms with Crippen molar-refractivity contribution in [2.75, 3.05) is 19.6 Å². The van der Waals surface area contributed by atoms with Gasteiger partial charge in [0.2, 0.25) is 5.91 Å². The van der Waals surface area contributed by atoms with E-state index in [0.717, 1.165) is 25.9 Å². The molecule has 0 aliphatic carbocycles. The molecular formula is C14H18N2O. The van der Waals surface area contributed by atoms with E-state index in [2.05, 4.69) is 40.5 Å². The Morgan fingerprint density at radius 2 is 2.06 bits per heavy atom. The van der Waals surface area contributed by atoms with Crippen LogP contribution < -0.4 is 5.32 Å². The highest BCUT2D eigenvalue weighted by Crippen LogP contribution is 2.32. The summed E-state index contributed by atoms with van der Waals surface area (Å²) in [6.07, 6.45) is 2.20. The van der Waals surface area contributed by atoms with E-state index in [1.807, 2.05) is 0 Å². The number of rotatable bonds is 1. The van der Waals surface area contributed by atoms with Crippen LogP contribution in [0.4, 0.5) is 0 Å². The van der Waals surface area contributed by atoms with Crippen molar-refractivity contribution in [1.29, 1.82) is 0 Å². The minimum atomic E-state index is 0.271. The zero-order chi connectivity index (χ0) is 11.7. The number of fused-ring (bicyclic) bond motifs is 1. The fourth-order valence-electron chi connectivity index (χ4n) is 3.05. The van der Waals surface area contributed by atoms with E-state index in [4.69, 9.17) is 0 Å². The summed E-state index contributed by atoms with van der Waals surface area (Å²) in [7, 11) is 0. The lowest BCUT2D eigenvalue weighted by Gasteiger charge is -2.42. The molecular weight excluding hydrogens is 212 g/mol. The number of amides is 1. The van der Waals surface area contributed by atoms with Crippen LogP contribution in [-0.2, 0) is 4.79 Å². The SMILES string of the molecule is O=C1CNCC2CC(c3ccccc3)CCN12. The zero-order valence-electron chi connectivity index (χ0n) is 9.93. The lowest BCUT2D eigenvalue weighted by atomic mass is 9.84. The van der Waals surface area contributed by atoms with Crippen LogP contribution in [-0.4, -0.2) is 36.5 Å². The van der Waals surface area contributed by atoms with Crippen molar-refractivity contribution in [1.82, 2.24) is 10.2 Å². The van der Waals surface area contributed by atoms with E-state index in [9.17, 15) is 4.79 Å². The highest BCUT2D eigenvalue weighted by Gasteiger charge is 2.34. The van der Waals surface area contributed by atoms with Crippen molar-refractivity contribution in [3.8, 4) is 0 Å². The molecule has 1 amide bonds. The number of hydrogen-bond acceptors (Lipinski definition) is 2. The summed E-state index contributed by atoms with van der Waals surface area (Å²) in [5, 5.41) is 3.21. The van der Waals surface area contributed by atoms with Gasteiger partial charge in [0.05, 0.1) is 6.54 Å². The van der Waals surface area contributed by atoms with Crippen molar-refractivity contribution >= 4 is 5.91 Å². The van der Waals surface area contributed by atoms with Crippen LogP contribution in [0.15, 0.2) is 30.3 Å². The average Bonchev–Trinajstić information content (AvgIpc) is 2.40. The van der Waals surface area contributed by atoms with Crippen LogP contribution in [0.1, 0.15) is 24.3 Å². The first-order chi connectivity index (χ1) is 8.34. The second-order valence-corrected chi connectivity index (χ2v) is 5.00. The molecule has 2 fully saturated rings. The number of nitrogens with one attached hydrogen (secondary N) is 1. The molecule has 2 heterocycles. The number of piperidine rings is 1. The summed E-state index contributed by atoms with van der Waals surface area (Å²) < 4.78 is 0. The molecule has 17 heavy (non-hydrogen) atoms. The molecule has 90 valence electrons. The normalized spacial score (nSPS) is 28.9. The summed E-state index contributed by atoms with van der Waals surface area (Å²) in [6.45, 7) is 2.40. The van der Waals surface area contributed by atoms with Gasteiger partial charge in [-0.1, -0.05) is 30.3 Å². The second-order valence-electron chi connectivity index (χ2n) is 5.00. The van der Waals surface area contributed by atoms with Gasteiger partial charge in [0, 0.05) is 19.1 Å². The van der Waals surface area contributed by atoms with Gasteiger partial charge in [-0.2, -0.15) is 0 Å². The summed E-state index contributed by atoms with van der Waals surface area (Å²) >= 11 is 0. The van der Waals surface area contributed by atoms with Crippen LogP contribution in [0.3, 0.4) is 0 Å². The van der Waals surface area contributed by atoms with Crippen LogP contribution in [0.2, 0.25) is 0 Å². The predicted octanol–water partition coefficient (Wildman–Crippen LogP) is 1.36. The third kappa shape index (κ3) is 2.07. The van der Waals surface area contributed by atoms with E-state index in [-0.39, 0.29) is 5.91 Å². The first-order valence-electron chi connectivity index (χ1n) is 6.40. The van der Waals surface area contributed by atoms with Crippen LogP contribution in [0.5, 0.6) is 0 Å². The number of piperazine rings is 1. The Kier molecular flexibility index (Phi) is 2.85. The fraction of sp³-hybridized carbons (Fsp3) is 0.500. The van der Waals surface area contributed by atoms with Crippen LogP contribution in [0, 0.1) is 0 Å². The summed E-state index contributed by atoms with van der Waals surface area (Å²) in [5.74, 6) is 0.887. The van der Waals surface area contributed by atoms with E-state index >= 15 is 0 Å². The van der Waals surface area contributed by atoms with Gasteiger partial charge in [-0.3, -0.25) is 4.79 Å². The molecule has 3 heteroatoms. The Bertz CT molecular complexity index is 404. The molecule has 0 spiro atoms. The molecule has 1 aromatic carbocycles. The third-order valence-electron chi connectivity index (χ3n) is 3.96. The maximum atomic E-state index is 11.7. The van der Waals surface area contributed by atoms with E-state index in [1.165, 1.54) is 5.56 Å². The Hall–Kier alpha value is -1.35. The second kappa shape index (κ2) is 4.49. The first kappa shape index (κ1) is 10.8. The smallest absolute Gasteiger partial charge is 0.236 e. The topological polar surface area (TPSA) is 32.3 Å². The number of nitrogens with zero attached hydrogens (tertiary/aromatic N) is 1. The molecule has 0 saturated carbocycles. The largest absolute Gasteiger partial charge is 0.337 e. The van der Waals surface area contributed by atoms with Gasteiger partial charge in [0.15, 0.2) is 0 Å². The average molecular weight is 230 g/mol. The molecule has 2 atom stereocenters. The number of benzene rings is 1. The molecule has 3 rings (SSSR count).